The van der Waals surface area contributed by atoms with E-state index in [4.69, 9.17) is 28.7 Å². The van der Waals surface area contributed by atoms with Crippen LogP contribution >= 0.6 is 0 Å². The fraction of sp³-hybridized carbons (Fsp3) is 0.731. The van der Waals surface area contributed by atoms with Gasteiger partial charge in [0.25, 0.3) is 0 Å². The second-order valence-electron chi connectivity index (χ2n) is 20.8. The highest BCUT2D eigenvalue weighted by Crippen LogP contribution is 2.16. The topological polar surface area (TPSA) is 533 Å². The number of carbonyl (C=O) groups excluding carboxylic acids is 10. The van der Waals surface area contributed by atoms with Gasteiger partial charge in [-0.1, -0.05) is 81.1 Å². The van der Waals surface area contributed by atoms with Crippen molar-refractivity contribution >= 4 is 82.9 Å². The Hall–Kier alpha value is -7.70. The minimum Gasteiger partial charge on any atom is -0.481 e. The molecule has 0 bridgehead atoms. The normalized spacial score (nSPS) is 16.1. The number of aliphatic carboxylic acids is 3. The molecule has 0 unspecified atom stereocenters. The number of carboxylic acids is 3. The number of amides is 10. The van der Waals surface area contributed by atoms with E-state index in [2.05, 4.69) is 52.8 Å². The molecular weight excluding hydrogens is 1090 g/mol. The predicted octanol–water partition coefficient (Wildman–Crippen LogP) is -3.64. The summed E-state index contributed by atoms with van der Waals surface area (Å²) in [4.78, 5) is 175. The molecule has 0 saturated heterocycles. The van der Waals surface area contributed by atoms with E-state index in [1.807, 2.05) is 0 Å². The summed E-state index contributed by atoms with van der Waals surface area (Å²) in [5.74, 6) is -16.5. The lowest BCUT2D eigenvalue weighted by atomic mass is 9.94. The number of primary amides is 1. The van der Waals surface area contributed by atoms with Crippen LogP contribution in [0.15, 0.2) is 4.99 Å². The summed E-state index contributed by atoms with van der Waals surface area (Å²) in [6.07, 6.45) is -0.701. The van der Waals surface area contributed by atoms with Crippen LogP contribution in [-0.2, 0) is 62.3 Å². The Kier molecular flexibility index (Phi) is 35.3. The van der Waals surface area contributed by atoms with E-state index >= 15 is 0 Å². The van der Waals surface area contributed by atoms with Gasteiger partial charge in [-0.05, 0) is 75.7 Å². The SMILES string of the molecule is CC[C@H](C)[C@H](NC(=O)[C@H](CC(=O)O)NC(=O)[C@H](CCCCN)NC(=O)[C@@H](NC(=O)[C@@H](NC(=O)[C@H](CCC(=O)O)NC(=O)[C@H](C)NC(=O)[C@@H](NC(=O)[C@H](CC(N)=O)NC(=O)[C@@H](N)CCCN=C(N)N)[C@@H](C)CC)[C@@H](C)CC)[C@@H](C)CC)C(=O)O. The van der Waals surface area contributed by atoms with Crippen LogP contribution in [0, 0.1) is 23.7 Å². The lowest BCUT2D eigenvalue weighted by Gasteiger charge is -2.31. The summed E-state index contributed by atoms with van der Waals surface area (Å²) in [6.45, 7) is 14.7. The Bertz CT molecular complexity index is 2250. The molecule has 0 aliphatic rings. The third kappa shape index (κ3) is 28.2. The van der Waals surface area contributed by atoms with E-state index < -0.39 is 187 Å². The minimum absolute atomic E-state index is 0.0737. The Morgan fingerprint density at radius 2 is 0.807 bits per heavy atom. The summed E-state index contributed by atoms with van der Waals surface area (Å²) in [5, 5.41) is 51.1. The molecule has 31 heteroatoms. The largest absolute Gasteiger partial charge is 0.481 e. The van der Waals surface area contributed by atoms with Crippen molar-refractivity contribution in [3.05, 3.63) is 0 Å². The van der Waals surface area contributed by atoms with Gasteiger partial charge in [0.05, 0.1) is 18.9 Å². The lowest BCUT2D eigenvalue weighted by molar-refractivity contribution is -0.145. The molecule has 0 aromatic rings. The van der Waals surface area contributed by atoms with Gasteiger partial charge in [0, 0.05) is 13.0 Å². The van der Waals surface area contributed by atoms with Crippen LogP contribution in [0.1, 0.15) is 146 Å². The maximum absolute atomic E-state index is 14.3. The summed E-state index contributed by atoms with van der Waals surface area (Å²) >= 11 is 0. The highest BCUT2D eigenvalue weighted by molar-refractivity contribution is 5.99. The number of nitrogens with zero attached hydrogens (tertiary/aromatic N) is 1. The summed E-state index contributed by atoms with van der Waals surface area (Å²) < 4.78 is 0. The third-order valence-corrected chi connectivity index (χ3v) is 14.1. The van der Waals surface area contributed by atoms with Crippen LogP contribution in [0.3, 0.4) is 0 Å². The molecule has 83 heavy (non-hydrogen) atoms. The van der Waals surface area contributed by atoms with Gasteiger partial charge in [0.2, 0.25) is 59.1 Å². The van der Waals surface area contributed by atoms with Crippen molar-refractivity contribution < 1.29 is 77.6 Å². The lowest BCUT2D eigenvalue weighted by Crippen LogP contribution is -2.62. The fourth-order valence-electron chi connectivity index (χ4n) is 8.01. The van der Waals surface area contributed by atoms with Crippen molar-refractivity contribution in [3.8, 4) is 0 Å². The quantitative estimate of drug-likeness (QED) is 0.0159. The predicted molar refractivity (Wildman–Crippen MR) is 302 cm³/mol. The van der Waals surface area contributed by atoms with Crippen LogP contribution in [0.2, 0.25) is 0 Å². The number of aliphatic imine (C=N–C) groups is 1. The van der Waals surface area contributed by atoms with Gasteiger partial charge in [-0.15, -0.1) is 0 Å². The van der Waals surface area contributed by atoms with Gasteiger partial charge in [-0.25, -0.2) is 4.79 Å². The first-order valence-electron chi connectivity index (χ1n) is 28.0. The van der Waals surface area contributed by atoms with E-state index in [1.54, 1.807) is 55.4 Å². The molecule has 0 rings (SSSR count). The fourth-order valence-corrected chi connectivity index (χ4v) is 8.01. The maximum atomic E-state index is 14.3. The van der Waals surface area contributed by atoms with Crippen LogP contribution < -0.4 is 76.5 Å². The highest BCUT2D eigenvalue weighted by atomic mass is 16.4. The summed E-state index contributed by atoms with van der Waals surface area (Å²) in [7, 11) is 0. The molecule has 0 aromatic heterocycles. The van der Waals surface area contributed by atoms with Gasteiger partial charge in [-0.2, -0.15) is 0 Å². The molecule has 0 fully saturated rings. The number of nitrogens with two attached hydrogens (primary N) is 5. The molecule has 472 valence electrons. The molecule has 14 atom stereocenters. The smallest absolute Gasteiger partial charge is 0.326 e. The van der Waals surface area contributed by atoms with Crippen molar-refractivity contribution in [2.75, 3.05) is 13.1 Å². The Morgan fingerprint density at radius 3 is 1.25 bits per heavy atom. The Morgan fingerprint density at radius 1 is 0.422 bits per heavy atom. The average Bonchev–Trinajstić information content (AvgIpc) is 3.49. The van der Waals surface area contributed by atoms with E-state index in [1.165, 1.54) is 6.92 Å². The van der Waals surface area contributed by atoms with Gasteiger partial charge >= 0.3 is 17.9 Å². The Balaban J connectivity index is 6.69. The van der Waals surface area contributed by atoms with Gasteiger partial charge in [0.1, 0.15) is 54.4 Å². The Labute approximate surface area is 483 Å². The molecule has 0 heterocycles. The molecular formula is C52H93N15O16. The number of nitrogens with one attached hydrogen (secondary N) is 9. The van der Waals surface area contributed by atoms with Crippen molar-refractivity contribution in [1.29, 1.82) is 0 Å². The molecule has 22 N–H and O–H groups in total. The van der Waals surface area contributed by atoms with E-state index in [-0.39, 0.29) is 51.2 Å². The van der Waals surface area contributed by atoms with Gasteiger partial charge in [0.15, 0.2) is 5.96 Å². The average molecular weight is 1180 g/mol. The molecule has 0 aliphatic carbocycles. The van der Waals surface area contributed by atoms with Crippen LogP contribution in [0.5, 0.6) is 0 Å². The second kappa shape index (κ2) is 38.9. The molecule has 0 aromatic carbocycles. The second-order valence-corrected chi connectivity index (χ2v) is 20.8. The third-order valence-electron chi connectivity index (χ3n) is 14.1. The number of guanidine groups is 1. The van der Waals surface area contributed by atoms with Crippen molar-refractivity contribution in [2.45, 2.75) is 206 Å². The van der Waals surface area contributed by atoms with E-state index in [0.29, 0.717) is 25.7 Å². The molecule has 0 saturated carbocycles. The van der Waals surface area contributed by atoms with Gasteiger partial charge in [-0.3, -0.25) is 62.5 Å². The zero-order valence-corrected chi connectivity index (χ0v) is 49.2. The number of hydrogen-bond donors (Lipinski definition) is 17. The molecule has 10 amide bonds. The number of carbonyl (C=O) groups is 13. The van der Waals surface area contributed by atoms with Crippen molar-refractivity contribution in [2.24, 2.45) is 57.3 Å². The first-order valence-corrected chi connectivity index (χ1v) is 28.0. The summed E-state index contributed by atoms with van der Waals surface area (Å²) in [6, 6.07) is -14.7. The zero-order chi connectivity index (χ0) is 63.8. The van der Waals surface area contributed by atoms with E-state index in [9.17, 15) is 77.6 Å². The molecule has 0 spiro atoms. The van der Waals surface area contributed by atoms with Crippen LogP contribution in [0.4, 0.5) is 0 Å². The number of carboxylic acid groups (broad SMARTS) is 3. The summed E-state index contributed by atoms with van der Waals surface area (Å²) in [5.41, 5.74) is 27.7. The monoisotopic (exact) mass is 1180 g/mol. The van der Waals surface area contributed by atoms with Crippen LogP contribution in [0.25, 0.3) is 0 Å². The van der Waals surface area contributed by atoms with Crippen molar-refractivity contribution in [1.82, 2.24) is 47.9 Å². The maximum Gasteiger partial charge on any atom is 0.326 e. The number of hydrogen-bond acceptors (Lipinski definition) is 16. The van der Waals surface area contributed by atoms with Crippen molar-refractivity contribution in [3.63, 3.8) is 0 Å². The first kappa shape index (κ1) is 75.3. The highest BCUT2D eigenvalue weighted by Gasteiger charge is 2.38. The molecule has 31 nitrogen and oxygen atoms in total. The molecule has 0 aliphatic heterocycles. The standard InChI is InChI=1S/C52H93N15O16/c1-10-25(5)38(65-46(77)33(23-35(55)68)62-43(74)30(54)17-16-22-58-52(56)57)48(79)59-29(9)42(73)60-32(19-20-36(69)70)45(76)64-40(27(7)12-3)50(81)66-39(26(6)11-2)49(80)61-31(18-14-15-21-53)44(75)63-34(24-37(71)72)47(78)67-41(51(82)83)28(8)13-4/h25-34,38-41H,10-24,53-54H2,1-9H3,(H2,55,68)(H,59,79)(H,60,73)(H,61,80)(H,62,74)(H,63,75)(H,64,76)(H,65,77)(H,66,81)(H,67,78)(H,69,70)(H,71,72)(H,82,83)(H4,56,57,58)/t25-,26-,27-,28-,29-,30-,31-,32-,33-,34-,38-,39-,40-,41-/m0/s1. The number of rotatable bonds is 42. The van der Waals surface area contributed by atoms with E-state index in [0.717, 1.165) is 0 Å². The molecule has 0 radical (unpaired) electrons. The van der Waals surface area contributed by atoms with Crippen LogP contribution in [-0.4, -0.2) is 172 Å². The minimum atomic E-state index is -1.78. The van der Waals surface area contributed by atoms with Gasteiger partial charge < -0.3 is 91.8 Å². The first-order chi connectivity index (χ1) is 38.8. The number of unbranched alkanes of at least 4 members (excludes halogenated alkanes) is 1. The zero-order valence-electron chi connectivity index (χ0n) is 49.2.